The van der Waals surface area contributed by atoms with Crippen LogP contribution in [-0.4, -0.2) is 13.1 Å². The van der Waals surface area contributed by atoms with Gasteiger partial charge in [0, 0.05) is 34.1 Å². The van der Waals surface area contributed by atoms with Crippen LogP contribution in [-0.2, 0) is 4.79 Å². The summed E-state index contributed by atoms with van der Waals surface area (Å²) in [5.74, 6) is 1.13. The first-order valence-corrected chi connectivity index (χ1v) is 9.52. The summed E-state index contributed by atoms with van der Waals surface area (Å²) in [5, 5.41) is 4.90. The third-order valence-electron chi connectivity index (χ3n) is 5.18. The number of benzene rings is 2. The summed E-state index contributed by atoms with van der Waals surface area (Å²) in [5.41, 5.74) is 3.11. The van der Waals surface area contributed by atoms with Crippen LogP contribution in [0, 0.1) is 5.92 Å². The summed E-state index contributed by atoms with van der Waals surface area (Å²) < 4.78 is 10.7. The predicted octanol–water partition coefficient (Wildman–Crippen LogP) is 5.75. The number of carbonyl (C=O) groups is 1. The maximum Gasteiger partial charge on any atom is 0.308 e. The van der Waals surface area contributed by atoms with Gasteiger partial charge in [0.2, 0.25) is 0 Å². The van der Waals surface area contributed by atoms with Crippen molar-refractivity contribution >= 4 is 34.9 Å². The minimum atomic E-state index is -0.380. The molecule has 0 saturated carbocycles. The van der Waals surface area contributed by atoms with Crippen LogP contribution in [0.5, 0.6) is 11.5 Å². The Labute approximate surface area is 168 Å². The molecule has 140 valence electrons. The summed E-state index contributed by atoms with van der Waals surface area (Å²) >= 11 is 12.7. The number of halogens is 2. The molecule has 4 rings (SSSR count). The van der Waals surface area contributed by atoms with E-state index < -0.39 is 0 Å². The number of ether oxygens (including phenoxy) is 2. The van der Waals surface area contributed by atoms with Gasteiger partial charge in [-0.1, -0.05) is 41.4 Å². The molecule has 4 nitrogen and oxygen atoms in total. The van der Waals surface area contributed by atoms with E-state index in [1.54, 1.807) is 19.2 Å². The first-order valence-electron chi connectivity index (χ1n) is 8.76. The molecule has 6 heteroatoms. The number of rotatable bonds is 3. The molecule has 1 aliphatic heterocycles. The van der Waals surface area contributed by atoms with Gasteiger partial charge in [0.25, 0.3) is 0 Å². The number of esters is 1. The van der Waals surface area contributed by atoms with Crippen LogP contribution in [0.3, 0.4) is 0 Å². The van der Waals surface area contributed by atoms with Crippen molar-refractivity contribution in [2.75, 3.05) is 12.4 Å². The zero-order chi connectivity index (χ0) is 19.1. The number of allylic oxidation sites excluding steroid dienone is 2. The fourth-order valence-electron chi connectivity index (χ4n) is 4.09. The number of methoxy groups -OCH3 is 1. The fraction of sp³-hybridized carbons (Fsp3) is 0.286. The Bertz CT molecular complexity index is 941. The Balaban J connectivity index is 1.75. The van der Waals surface area contributed by atoms with Crippen LogP contribution in [0.25, 0.3) is 0 Å². The zero-order valence-electron chi connectivity index (χ0n) is 15.0. The molecule has 1 N–H and O–H groups in total. The molecular weight excluding hydrogens is 385 g/mol. The van der Waals surface area contributed by atoms with Gasteiger partial charge in [-0.3, -0.25) is 4.79 Å². The molecule has 27 heavy (non-hydrogen) atoms. The number of fused-ring (bicyclic) bond motifs is 3. The number of hydrogen-bond donors (Lipinski definition) is 1. The molecule has 3 unspecified atom stereocenters. The number of hydrogen-bond acceptors (Lipinski definition) is 4. The second kappa shape index (κ2) is 7.10. The monoisotopic (exact) mass is 403 g/mol. The lowest BCUT2D eigenvalue weighted by atomic mass is 9.77. The van der Waals surface area contributed by atoms with Crippen molar-refractivity contribution in [1.82, 2.24) is 0 Å². The molecule has 0 radical (unpaired) electrons. The minimum absolute atomic E-state index is 0.0623. The lowest BCUT2D eigenvalue weighted by molar-refractivity contribution is -0.132. The van der Waals surface area contributed by atoms with Gasteiger partial charge in [0.05, 0.1) is 13.2 Å². The van der Waals surface area contributed by atoms with E-state index in [2.05, 4.69) is 17.5 Å². The maximum atomic E-state index is 11.3. The second-order valence-electron chi connectivity index (χ2n) is 6.83. The lowest BCUT2D eigenvalue weighted by Crippen LogP contribution is -2.29. The van der Waals surface area contributed by atoms with Crippen molar-refractivity contribution < 1.29 is 14.3 Å². The van der Waals surface area contributed by atoms with Gasteiger partial charge in [-0.05, 0) is 42.2 Å². The maximum absolute atomic E-state index is 11.3. The first-order chi connectivity index (χ1) is 13.0. The van der Waals surface area contributed by atoms with Crippen LogP contribution in [0.15, 0.2) is 42.5 Å². The van der Waals surface area contributed by atoms with Crippen LogP contribution in [0.4, 0.5) is 5.69 Å². The molecule has 0 bridgehead atoms. The topological polar surface area (TPSA) is 47.6 Å². The van der Waals surface area contributed by atoms with Gasteiger partial charge in [0.1, 0.15) is 0 Å². The van der Waals surface area contributed by atoms with Crippen LogP contribution >= 0.6 is 23.2 Å². The van der Waals surface area contributed by atoms with Gasteiger partial charge >= 0.3 is 5.97 Å². The lowest BCUT2D eigenvalue weighted by Gasteiger charge is -2.38. The third-order valence-corrected chi connectivity index (χ3v) is 5.71. The highest BCUT2D eigenvalue weighted by Crippen LogP contribution is 2.53. The molecule has 0 aromatic heterocycles. The standard InChI is InChI=1S/C21H19Cl2NO3/c1-11(25)27-18-7-6-12(8-19(18)26-2)21-15-5-3-4-14(15)20-16(23)9-13(22)10-17(20)24-21/h3-4,6-10,14-15,21,24H,5H2,1-2H3. The molecule has 2 aromatic rings. The van der Waals surface area contributed by atoms with E-state index in [9.17, 15) is 4.79 Å². The molecule has 1 aliphatic carbocycles. The normalized spacial score (nSPS) is 22.6. The van der Waals surface area contributed by atoms with E-state index in [4.69, 9.17) is 32.7 Å². The minimum Gasteiger partial charge on any atom is -0.493 e. The highest BCUT2D eigenvalue weighted by molar-refractivity contribution is 6.35. The summed E-state index contributed by atoms with van der Waals surface area (Å²) in [6.45, 7) is 1.37. The Morgan fingerprint density at radius 2 is 2.00 bits per heavy atom. The van der Waals surface area contributed by atoms with Crippen LogP contribution < -0.4 is 14.8 Å². The van der Waals surface area contributed by atoms with Crippen molar-refractivity contribution in [3.8, 4) is 11.5 Å². The largest absolute Gasteiger partial charge is 0.493 e. The molecule has 0 spiro atoms. The molecule has 0 amide bonds. The third kappa shape index (κ3) is 3.28. The highest BCUT2D eigenvalue weighted by atomic mass is 35.5. The predicted molar refractivity (Wildman–Crippen MR) is 107 cm³/mol. The molecule has 3 atom stereocenters. The zero-order valence-corrected chi connectivity index (χ0v) is 16.5. The summed E-state index contributed by atoms with van der Waals surface area (Å²) in [6.07, 6.45) is 5.38. The van der Waals surface area contributed by atoms with E-state index in [0.717, 1.165) is 23.2 Å². The molecule has 2 aromatic carbocycles. The van der Waals surface area contributed by atoms with Gasteiger partial charge in [-0.15, -0.1) is 0 Å². The van der Waals surface area contributed by atoms with Crippen molar-refractivity contribution in [2.45, 2.75) is 25.3 Å². The van der Waals surface area contributed by atoms with E-state index in [-0.39, 0.29) is 17.9 Å². The molecular formula is C21H19Cl2NO3. The summed E-state index contributed by atoms with van der Waals surface area (Å²) in [6, 6.07) is 9.43. The van der Waals surface area contributed by atoms with E-state index in [0.29, 0.717) is 27.5 Å². The van der Waals surface area contributed by atoms with Gasteiger partial charge in [0.15, 0.2) is 11.5 Å². The molecule has 0 fully saturated rings. The Morgan fingerprint density at radius 1 is 1.19 bits per heavy atom. The van der Waals surface area contributed by atoms with E-state index in [1.165, 1.54) is 6.92 Å². The fourth-order valence-corrected chi connectivity index (χ4v) is 4.71. The Hall–Kier alpha value is -2.17. The van der Waals surface area contributed by atoms with Crippen molar-refractivity contribution in [2.24, 2.45) is 5.92 Å². The van der Waals surface area contributed by atoms with Gasteiger partial charge in [-0.2, -0.15) is 0 Å². The number of nitrogens with one attached hydrogen (secondary N) is 1. The molecule has 2 aliphatic rings. The van der Waals surface area contributed by atoms with Crippen molar-refractivity contribution in [3.05, 3.63) is 63.7 Å². The Morgan fingerprint density at radius 3 is 2.74 bits per heavy atom. The summed E-state index contributed by atoms with van der Waals surface area (Å²) in [4.78, 5) is 11.3. The van der Waals surface area contributed by atoms with Crippen molar-refractivity contribution in [3.63, 3.8) is 0 Å². The second-order valence-corrected chi connectivity index (χ2v) is 7.67. The quantitative estimate of drug-likeness (QED) is 0.402. The molecule has 1 heterocycles. The number of anilines is 1. The Kier molecular flexibility index (Phi) is 4.79. The van der Waals surface area contributed by atoms with Crippen LogP contribution in [0.1, 0.15) is 36.4 Å². The average Bonchev–Trinajstić information content (AvgIpc) is 3.09. The molecule has 0 saturated heterocycles. The smallest absolute Gasteiger partial charge is 0.308 e. The van der Waals surface area contributed by atoms with E-state index in [1.807, 2.05) is 18.2 Å². The SMILES string of the molecule is COc1cc(C2Nc3cc(Cl)cc(Cl)c3C3C=CCC32)ccc1OC(C)=O. The summed E-state index contributed by atoms with van der Waals surface area (Å²) in [7, 11) is 1.56. The van der Waals surface area contributed by atoms with Crippen molar-refractivity contribution in [1.29, 1.82) is 0 Å². The van der Waals surface area contributed by atoms with Crippen LogP contribution in [0.2, 0.25) is 10.0 Å². The van der Waals surface area contributed by atoms with Gasteiger partial charge in [-0.25, -0.2) is 0 Å². The highest BCUT2D eigenvalue weighted by Gasteiger charge is 2.39. The average molecular weight is 404 g/mol. The van der Waals surface area contributed by atoms with E-state index >= 15 is 0 Å². The number of carbonyl (C=O) groups excluding carboxylic acids is 1. The first kappa shape index (κ1) is 18.2. The van der Waals surface area contributed by atoms with Gasteiger partial charge < -0.3 is 14.8 Å².